The molecule has 29 heavy (non-hydrogen) atoms. The van der Waals surface area contributed by atoms with Crippen molar-refractivity contribution in [2.45, 2.75) is 13.5 Å². The number of amides is 1. The second-order valence-electron chi connectivity index (χ2n) is 6.89. The molecule has 0 aromatic carbocycles. The van der Waals surface area contributed by atoms with Gasteiger partial charge in [0.2, 0.25) is 5.95 Å². The molecule has 3 aromatic heterocycles. The summed E-state index contributed by atoms with van der Waals surface area (Å²) in [5.74, 6) is 1.33. The third-order valence-corrected chi connectivity index (χ3v) is 4.81. The number of nitrogens with zero attached hydrogens (tertiary/aromatic N) is 6. The van der Waals surface area contributed by atoms with Crippen LogP contribution >= 0.6 is 0 Å². The third kappa shape index (κ3) is 4.66. The number of aryl methyl sites for hydroxylation is 1. The Hall–Kier alpha value is -3.55. The summed E-state index contributed by atoms with van der Waals surface area (Å²) >= 11 is 0. The molecule has 4 heterocycles. The standard InChI is InChI=1S/C21H23N7O/c1-16-14-18(26-21(25-16)24-15-17-5-8-22-9-6-17)20(29)28-12-10-27(11-13-28)19-4-2-3-7-23-19/h2-9,14H,10-13,15H2,1H3,(H,24,25,26). The summed E-state index contributed by atoms with van der Waals surface area (Å²) in [4.78, 5) is 34.3. The molecule has 0 aliphatic carbocycles. The summed E-state index contributed by atoms with van der Waals surface area (Å²) in [5, 5.41) is 3.19. The molecule has 148 valence electrons. The van der Waals surface area contributed by atoms with Gasteiger partial charge in [0.15, 0.2) is 0 Å². The molecule has 1 saturated heterocycles. The predicted octanol–water partition coefficient (Wildman–Crippen LogP) is 2.15. The lowest BCUT2D eigenvalue weighted by Gasteiger charge is -2.35. The van der Waals surface area contributed by atoms with Crippen LogP contribution in [0, 0.1) is 6.92 Å². The molecule has 4 rings (SSSR count). The minimum absolute atomic E-state index is 0.0665. The number of piperazine rings is 1. The summed E-state index contributed by atoms with van der Waals surface area (Å²) < 4.78 is 0. The number of nitrogens with one attached hydrogen (secondary N) is 1. The Kier molecular flexibility index (Phi) is 5.60. The van der Waals surface area contributed by atoms with Gasteiger partial charge in [0, 0.05) is 57.0 Å². The van der Waals surface area contributed by atoms with Crippen molar-refractivity contribution < 1.29 is 4.79 Å². The molecule has 0 unspecified atom stereocenters. The van der Waals surface area contributed by atoms with E-state index in [1.807, 2.05) is 42.2 Å². The number of hydrogen-bond donors (Lipinski definition) is 1. The van der Waals surface area contributed by atoms with Crippen molar-refractivity contribution in [3.05, 3.63) is 71.9 Å². The zero-order valence-electron chi connectivity index (χ0n) is 16.3. The highest BCUT2D eigenvalue weighted by Crippen LogP contribution is 2.15. The van der Waals surface area contributed by atoms with Gasteiger partial charge in [-0.25, -0.2) is 15.0 Å². The summed E-state index contributed by atoms with van der Waals surface area (Å²) in [5.41, 5.74) is 2.25. The van der Waals surface area contributed by atoms with Crippen LogP contribution in [0.25, 0.3) is 0 Å². The van der Waals surface area contributed by atoms with Gasteiger partial charge < -0.3 is 15.1 Å². The van der Waals surface area contributed by atoms with Crippen molar-refractivity contribution in [1.29, 1.82) is 0 Å². The first-order valence-corrected chi connectivity index (χ1v) is 9.63. The van der Waals surface area contributed by atoms with Gasteiger partial charge in [-0.15, -0.1) is 0 Å². The molecule has 8 heteroatoms. The molecule has 0 atom stereocenters. The van der Waals surface area contributed by atoms with Crippen LogP contribution in [0.5, 0.6) is 0 Å². The minimum atomic E-state index is -0.0665. The van der Waals surface area contributed by atoms with Gasteiger partial charge in [-0.05, 0) is 42.8 Å². The molecule has 1 aliphatic rings. The first kappa shape index (κ1) is 18.8. The molecule has 8 nitrogen and oxygen atoms in total. The quantitative estimate of drug-likeness (QED) is 0.715. The van der Waals surface area contributed by atoms with E-state index in [9.17, 15) is 4.79 Å². The molecular formula is C21H23N7O. The summed E-state index contributed by atoms with van der Waals surface area (Å²) in [6.45, 7) is 5.22. The Labute approximate surface area is 169 Å². The van der Waals surface area contributed by atoms with Gasteiger partial charge in [0.05, 0.1) is 0 Å². The number of hydrogen-bond acceptors (Lipinski definition) is 7. The van der Waals surface area contributed by atoms with Crippen molar-refractivity contribution in [2.24, 2.45) is 0 Å². The molecule has 1 amide bonds. The smallest absolute Gasteiger partial charge is 0.272 e. The number of anilines is 2. The predicted molar refractivity (Wildman–Crippen MR) is 111 cm³/mol. The van der Waals surface area contributed by atoms with Crippen molar-refractivity contribution in [1.82, 2.24) is 24.8 Å². The van der Waals surface area contributed by atoms with Gasteiger partial charge in [-0.1, -0.05) is 6.07 Å². The van der Waals surface area contributed by atoms with E-state index in [1.54, 1.807) is 24.7 Å². The molecule has 3 aromatic rings. The Morgan fingerprint density at radius 3 is 2.55 bits per heavy atom. The lowest BCUT2D eigenvalue weighted by atomic mass is 10.2. The van der Waals surface area contributed by atoms with Gasteiger partial charge in [-0.3, -0.25) is 9.78 Å². The highest BCUT2D eigenvalue weighted by atomic mass is 16.2. The van der Waals surface area contributed by atoms with Crippen LogP contribution in [0.15, 0.2) is 55.0 Å². The summed E-state index contributed by atoms with van der Waals surface area (Å²) in [7, 11) is 0. The van der Waals surface area contributed by atoms with Crippen LogP contribution < -0.4 is 10.2 Å². The average molecular weight is 389 g/mol. The van der Waals surface area contributed by atoms with Crippen LogP contribution in [0.2, 0.25) is 0 Å². The van der Waals surface area contributed by atoms with Crippen LogP contribution in [-0.4, -0.2) is 56.9 Å². The van der Waals surface area contributed by atoms with Crippen LogP contribution in [0.3, 0.4) is 0 Å². The number of carbonyl (C=O) groups excluding carboxylic acids is 1. The Balaban J connectivity index is 1.40. The van der Waals surface area contributed by atoms with E-state index in [4.69, 9.17) is 0 Å². The highest BCUT2D eigenvalue weighted by molar-refractivity contribution is 5.92. The molecule has 0 radical (unpaired) electrons. The van der Waals surface area contributed by atoms with E-state index < -0.39 is 0 Å². The topological polar surface area (TPSA) is 87.1 Å². The zero-order valence-corrected chi connectivity index (χ0v) is 16.3. The molecule has 1 N–H and O–H groups in total. The largest absolute Gasteiger partial charge is 0.353 e. The van der Waals surface area contributed by atoms with E-state index in [1.165, 1.54) is 0 Å². The first-order valence-electron chi connectivity index (χ1n) is 9.63. The Bertz CT molecular complexity index is 957. The van der Waals surface area contributed by atoms with E-state index in [2.05, 4.69) is 30.2 Å². The number of carbonyl (C=O) groups is 1. The SMILES string of the molecule is Cc1cc(C(=O)N2CCN(c3ccccn3)CC2)nc(NCc2ccncc2)n1. The van der Waals surface area contributed by atoms with Gasteiger partial charge in [-0.2, -0.15) is 0 Å². The van der Waals surface area contributed by atoms with Gasteiger partial charge >= 0.3 is 0 Å². The van der Waals surface area contributed by atoms with Gasteiger partial charge in [0.25, 0.3) is 5.91 Å². The summed E-state index contributed by atoms with van der Waals surface area (Å²) in [6, 6.07) is 11.5. The Morgan fingerprint density at radius 2 is 1.83 bits per heavy atom. The van der Waals surface area contributed by atoms with Crippen molar-refractivity contribution >= 4 is 17.7 Å². The van der Waals surface area contributed by atoms with E-state index in [0.29, 0.717) is 31.3 Å². The fourth-order valence-corrected chi connectivity index (χ4v) is 3.28. The lowest BCUT2D eigenvalue weighted by molar-refractivity contribution is 0.0740. The molecule has 0 saturated carbocycles. The molecule has 0 bridgehead atoms. The number of pyridine rings is 2. The van der Waals surface area contributed by atoms with Crippen molar-refractivity contribution in [3.63, 3.8) is 0 Å². The first-order chi connectivity index (χ1) is 14.2. The maximum absolute atomic E-state index is 13.0. The zero-order chi connectivity index (χ0) is 20.1. The number of rotatable bonds is 5. The monoisotopic (exact) mass is 389 g/mol. The lowest BCUT2D eigenvalue weighted by Crippen LogP contribution is -2.49. The molecule has 1 fully saturated rings. The van der Waals surface area contributed by atoms with E-state index in [-0.39, 0.29) is 5.91 Å². The summed E-state index contributed by atoms with van der Waals surface area (Å²) in [6.07, 6.45) is 5.28. The maximum Gasteiger partial charge on any atom is 0.272 e. The maximum atomic E-state index is 13.0. The van der Waals surface area contributed by atoms with Crippen LogP contribution in [0.1, 0.15) is 21.7 Å². The van der Waals surface area contributed by atoms with Crippen LogP contribution in [-0.2, 0) is 6.54 Å². The van der Waals surface area contributed by atoms with Gasteiger partial charge in [0.1, 0.15) is 11.5 Å². The minimum Gasteiger partial charge on any atom is -0.353 e. The second-order valence-corrected chi connectivity index (χ2v) is 6.89. The van der Waals surface area contributed by atoms with Crippen molar-refractivity contribution in [2.75, 3.05) is 36.4 Å². The second kappa shape index (κ2) is 8.64. The van der Waals surface area contributed by atoms with E-state index >= 15 is 0 Å². The Morgan fingerprint density at radius 1 is 1.03 bits per heavy atom. The van der Waals surface area contributed by atoms with E-state index in [0.717, 1.165) is 30.2 Å². The molecular weight excluding hydrogens is 366 g/mol. The number of aromatic nitrogens is 4. The molecule has 0 spiro atoms. The van der Waals surface area contributed by atoms with Crippen molar-refractivity contribution in [3.8, 4) is 0 Å². The van der Waals surface area contributed by atoms with Crippen LogP contribution in [0.4, 0.5) is 11.8 Å². The highest BCUT2D eigenvalue weighted by Gasteiger charge is 2.24. The fourth-order valence-electron chi connectivity index (χ4n) is 3.28. The third-order valence-electron chi connectivity index (χ3n) is 4.81. The fraction of sp³-hybridized carbons (Fsp3) is 0.286. The average Bonchev–Trinajstić information content (AvgIpc) is 2.78. The molecule has 1 aliphatic heterocycles. The normalized spacial score (nSPS) is 14.0.